The van der Waals surface area contributed by atoms with Gasteiger partial charge in [0, 0.05) is 33.4 Å². The zero-order valence-corrected chi connectivity index (χ0v) is 18.2. The van der Waals surface area contributed by atoms with Crippen LogP contribution in [-0.2, 0) is 11.3 Å². The first kappa shape index (κ1) is 21.7. The van der Waals surface area contributed by atoms with Crippen LogP contribution in [0.1, 0.15) is 45.8 Å². The molecule has 1 aromatic heterocycles. The Morgan fingerprint density at radius 2 is 2.14 bits per heavy atom. The predicted molar refractivity (Wildman–Crippen MR) is 115 cm³/mol. The van der Waals surface area contributed by atoms with Gasteiger partial charge in [-0.3, -0.25) is 4.99 Å². The second-order valence-corrected chi connectivity index (χ2v) is 7.57. The van der Waals surface area contributed by atoms with E-state index in [1.165, 1.54) is 11.3 Å². The van der Waals surface area contributed by atoms with Crippen molar-refractivity contribution in [2.75, 3.05) is 32.6 Å². The fourth-order valence-electron chi connectivity index (χ4n) is 2.58. The van der Waals surface area contributed by atoms with Crippen molar-refractivity contribution in [2.45, 2.75) is 33.4 Å². The minimum absolute atomic E-state index is 0.0915. The summed E-state index contributed by atoms with van der Waals surface area (Å²) < 4.78 is 5.09. The number of nitrogens with one attached hydrogen (secondary N) is 2. The molecule has 0 radical (unpaired) electrons. The van der Waals surface area contributed by atoms with Crippen LogP contribution in [0.3, 0.4) is 0 Å². The number of rotatable bonds is 7. The SMILES string of the molecule is CCOC(=O)c1sc(C(C)NC(=NC)NCc2cccc(N(C)C)c2)nc1C. The lowest BCUT2D eigenvalue weighted by Gasteiger charge is -2.17. The molecular weight excluding hydrogens is 374 g/mol. The molecule has 1 aromatic carbocycles. The van der Waals surface area contributed by atoms with Gasteiger partial charge < -0.3 is 20.3 Å². The van der Waals surface area contributed by atoms with E-state index in [0.717, 1.165) is 16.3 Å². The Hall–Kier alpha value is -2.61. The first-order chi connectivity index (χ1) is 13.3. The highest BCUT2D eigenvalue weighted by Gasteiger charge is 2.20. The van der Waals surface area contributed by atoms with Gasteiger partial charge >= 0.3 is 5.97 Å². The number of aromatic nitrogens is 1. The van der Waals surface area contributed by atoms with Gasteiger partial charge in [0.25, 0.3) is 0 Å². The molecule has 0 aliphatic rings. The lowest BCUT2D eigenvalue weighted by atomic mass is 10.2. The molecule has 0 saturated carbocycles. The quantitative estimate of drug-likeness (QED) is 0.420. The van der Waals surface area contributed by atoms with E-state index in [-0.39, 0.29) is 12.0 Å². The summed E-state index contributed by atoms with van der Waals surface area (Å²) in [5.74, 6) is 0.354. The summed E-state index contributed by atoms with van der Waals surface area (Å²) in [6.45, 7) is 6.61. The highest BCUT2D eigenvalue weighted by molar-refractivity contribution is 7.13. The molecule has 2 N–H and O–H groups in total. The highest BCUT2D eigenvalue weighted by Crippen LogP contribution is 2.24. The smallest absolute Gasteiger partial charge is 0.350 e. The Balaban J connectivity index is 2.00. The first-order valence-corrected chi connectivity index (χ1v) is 10.0. The van der Waals surface area contributed by atoms with Crippen LogP contribution in [0.4, 0.5) is 5.69 Å². The zero-order valence-electron chi connectivity index (χ0n) is 17.4. The number of aliphatic imine (C=N–C) groups is 1. The number of ether oxygens (including phenoxy) is 1. The van der Waals surface area contributed by atoms with Crippen molar-refractivity contribution < 1.29 is 9.53 Å². The van der Waals surface area contributed by atoms with Gasteiger partial charge in [-0.25, -0.2) is 9.78 Å². The molecule has 0 aliphatic carbocycles. The molecule has 1 atom stereocenters. The van der Waals surface area contributed by atoms with E-state index < -0.39 is 0 Å². The molecule has 1 heterocycles. The second kappa shape index (κ2) is 10.1. The number of aryl methyl sites for hydroxylation is 1. The molecule has 2 aromatic rings. The van der Waals surface area contributed by atoms with Crippen molar-refractivity contribution in [2.24, 2.45) is 4.99 Å². The van der Waals surface area contributed by atoms with Gasteiger partial charge in [-0.1, -0.05) is 12.1 Å². The normalized spacial score (nSPS) is 12.4. The maximum absolute atomic E-state index is 12.0. The maximum Gasteiger partial charge on any atom is 0.350 e. The second-order valence-electron chi connectivity index (χ2n) is 6.54. The van der Waals surface area contributed by atoms with E-state index in [1.54, 1.807) is 14.0 Å². The number of benzene rings is 1. The van der Waals surface area contributed by atoms with Crippen molar-refractivity contribution in [3.63, 3.8) is 0 Å². The zero-order chi connectivity index (χ0) is 20.7. The summed E-state index contributed by atoms with van der Waals surface area (Å²) in [5.41, 5.74) is 3.01. The lowest BCUT2D eigenvalue weighted by molar-refractivity contribution is 0.0531. The molecule has 0 fully saturated rings. The molecule has 0 spiro atoms. The van der Waals surface area contributed by atoms with Crippen molar-refractivity contribution in [3.8, 4) is 0 Å². The van der Waals surface area contributed by atoms with Crippen LogP contribution < -0.4 is 15.5 Å². The summed E-state index contributed by atoms with van der Waals surface area (Å²) in [6, 6.07) is 8.24. The number of guanidine groups is 1. The third kappa shape index (κ3) is 5.69. The molecule has 0 aliphatic heterocycles. The number of anilines is 1. The largest absolute Gasteiger partial charge is 0.462 e. The van der Waals surface area contributed by atoms with E-state index in [2.05, 4.69) is 43.7 Å². The number of carbonyl (C=O) groups excluding carboxylic acids is 1. The van der Waals surface area contributed by atoms with Crippen LogP contribution in [0.25, 0.3) is 0 Å². The van der Waals surface area contributed by atoms with Gasteiger partial charge in [0.2, 0.25) is 0 Å². The summed E-state index contributed by atoms with van der Waals surface area (Å²) in [5, 5.41) is 7.47. The van der Waals surface area contributed by atoms with Crippen LogP contribution in [0.15, 0.2) is 29.3 Å². The summed E-state index contributed by atoms with van der Waals surface area (Å²) in [7, 11) is 5.78. The van der Waals surface area contributed by atoms with Crippen LogP contribution in [-0.4, -0.2) is 44.7 Å². The van der Waals surface area contributed by atoms with E-state index >= 15 is 0 Å². The molecule has 152 valence electrons. The maximum atomic E-state index is 12.0. The Kier molecular flexibility index (Phi) is 7.80. The molecule has 0 amide bonds. The Labute approximate surface area is 170 Å². The average Bonchev–Trinajstić information content (AvgIpc) is 3.07. The van der Waals surface area contributed by atoms with E-state index in [9.17, 15) is 4.79 Å². The van der Waals surface area contributed by atoms with Gasteiger partial charge in [0.15, 0.2) is 5.96 Å². The monoisotopic (exact) mass is 403 g/mol. The minimum Gasteiger partial charge on any atom is -0.462 e. The summed E-state index contributed by atoms with van der Waals surface area (Å²) in [4.78, 5) is 23.4. The van der Waals surface area contributed by atoms with Crippen molar-refractivity contribution >= 4 is 29.0 Å². The lowest BCUT2D eigenvalue weighted by Crippen LogP contribution is -2.38. The van der Waals surface area contributed by atoms with Gasteiger partial charge in [-0.2, -0.15) is 0 Å². The molecule has 0 bridgehead atoms. The van der Waals surface area contributed by atoms with E-state index in [0.29, 0.717) is 29.7 Å². The van der Waals surface area contributed by atoms with Gasteiger partial charge in [-0.15, -0.1) is 11.3 Å². The third-order valence-electron chi connectivity index (χ3n) is 4.11. The Bertz CT molecular complexity index is 832. The fraction of sp³-hybridized carbons (Fsp3) is 0.450. The van der Waals surface area contributed by atoms with Crippen molar-refractivity contribution in [1.82, 2.24) is 15.6 Å². The van der Waals surface area contributed by atoms with Crippen LogP contribution in [0.5, 0.6) is 0 Å². The summed E-state index contributed by atoms with van der Waals surface area (Å²) >= 11 is 1.35. The van der Waals surface area contributed by atoms with Crippen molar-refractivity contribution in [1.29, 1.82) is 0 Å². The molecule has 28 heavy (non-hydrogen) atoms. The first-order valence-electron chi connectivity index (χ1n) is 9.23. The number of hydrogen-bond donors (Lipinski definition) is 2. The number of carbonyl (C=O) groups is 1. The standard InChI is InChI=1S/C20H29N5O2S/c1-7-27-19(26)17-13(2)23-18(28-17)14(3)24-20(21-4)22-12-15-9-8-10-16(11-15)25(5)6/h8-11,14H,7,12H2,1-6H3,(H2,21,22,24). The van der Waals surface area contributed by atoms with Crippen LogP contribution >= 0.6 is 11.3 Å². The Morgan fingerprint density at radius 3 is 2.79 bits per heavy atom. The molecule has 8 heteroatoms. The molecule has 0 saturated heterocycles. The number of hydrogen-bond acceptors (Lipinski definition) is 6. The topological polar surface area (TPSA) is 78.8 Å². The molecular formula is C20H29N5O2S. The number of thiazole rings is 1. The van der Waals surface area contributed by atoms with Crippen LogP contribution in [0.2, 0.25) is 0 Å². The van der Waals surface area contributed by atoms with E-state index in [4.69, 9.17) is 4.74 Å². The Morgan fingerprint density at radius 1 is 1.39 bits per heavy atom. The van der Waals surface area contributed by atoms with E-state index in [1.807, 2.05) is 34.0 Å². The average molecular weight is 404 g/mol. The fourth-order valence-corrected chi connectivity index (χ4v) is 3.54. The van der Waals surface area contributed by atoms with Gasteiger partial charge in [0.1, 0.15) is 9.88 Å². The molecule has 2 rings (SSSR count). The molecule has 1 unspecified atom stereocenters. The molecule has 7 nitrogen and oxygen atoms in total. The third-order valence-corrected chi connectivity index (χ3v) is 5.43. The van der Waals surface area contributed by atoms with Crippen molar-refractivity contribution in [3.05, 3.63) is 45.4 Å². The number of esters is 1. The van der Waals surface area contributed by atoms with Crippen LogP contribution in [0, 0.1) is 6.92 Å². The highest BCUT2D eigenvalue weighted by atomic mass is 32.1. The minimum atomic E-state index is -0.320. The summed E-state index contributed by atoms with van der Waals surface area (Å²) in [6.07, 6.45) is 0. The van der Waals surface area contributed by atoms with Gasteiger partial charge in [0.05, 0.1) is 18.3 Å². The predicted octanol–water partition coefficient (Wildman–Crippen LogP) is 3.12. The number of nitrogens with zero attached hydrogens (tertiary/aromatic N) is 3. The van der Waals surface area contributed by atoms with Gasteiger partial charge in [-0.05, 0) is 38.5 Å².